The lowest BCUT2D eigenvalue weighted by Gasteiger charge is -2.25. The van der Waals surface area contributed by atoms with Gasteiger partial charge < -0.3 is 14.7 Å². The number of imidazole rings is 1. The summed E-state index contributed by atoms with van der Waals surface area (Å²) < 4.78 is 5.34. The Hall–Kier alpha value is -2.10. The Morgan fingerprint density at radius 1 is 1.24 bits per heavy atom. The van der Waals surface area contributed by atoms with Gasteiger partial charge >= 0.3 is 5.69 Å². The molecule has 0 aliphatic carbocycles. The van der Waals surface area contributed by atoms with E-state index in [4.69, 9.17) is 4.74 Å². The SMILES string of the molecule is O=c1[nH]c2ccc(C3=NNC(=NCCN4CCOCC4)SC3)cc2[nH]1. The van der Waals surface area contributed by atoms with E-state index in [9.17, 15) is 4.79 Å². The van der Waals surface area contributed by atoms with Crippen molar-refractivity contribution in [3.05, 3.63) is 34.2 Å². The highest BCUT2D eigenvalue weighted by molar-refractivity contribution is 8.14. The van der Waals surface area contributed by atoms with Gasteiger partial charge in [0.05, 0.1) is 36.5 Å². The molecular weight excluding hydrogens is 340 g/mol. The van der Waals surface area contributed by atoms with Crippen LogP contribution in [-0.4, -0.2) is 70.9 Å². The van der Waals surface area contributed by atoms with Crippen LogP contribution in [0, 0.1) is 0 Å². The minimum absolute atomic E-state index is 0.195. The number of nitrogens with one attached hydrogen (secondary N) is 3. The number of nitrogens with zero attached hydrogens (tertiary/aromatic N) is 3. The van der Waals surface area contributed by atoms with Crippen LogP contribution >= 0.6 is 11.8 Å². The first kappa shape index (κ1) is 16.4. The fourth-order valence-corrected chi connectivity index (χ4v) is 3.67. The van der Waals surface area contributed by atoms with Crippen LogP contribution < -0.4 is 11.1 Å². The van der Waals surface area contributed by atoms with E-state index in [1.165, 1.54) is 0 Å². The van der Waals surface area contributed by atoms with Gasteiger partial charge in [-0.3, -0.25) is 15.3 Å². The molecule has 0 amide bonds. The molecule has 2 aliphatic rings. The summed E-state index contributed by atoms with van der Waals surface area (Å²) in [4.78, 5) is 23.8. The lowest BCUT2D eigenvalue weighted by Crippen LogP contribution is -2.38. The second-order valence-corrected chi connectivity index (χ2v) is 6.90. The Kier molecular flexibility index (Phi) is 4.86. The van der Waals surface area contributed by atoms with E-state index in [2.05, 4.69) is 30.4 Å². The van der Waals surface area contributed by atoms with Crippen molar-refractivity contribution in [2.75, 3.05) is 45.1 Å². The summed E-state index contributed by atoms with van der Waals surface area (Å²) in [6.07, 6.45) is 0. The van der Waals surface area contributed by atoms with Crippen molar-refractivity contribution in [1.29, 1.82) is 0 Å². The minimum atomic E-state index is -0.195. The molecule has 25 heavy (non-hydrogen) atoms. The van der Waals surface area contributed by atoms with Gasteiger partial charge in [-0.15, -0.1) is 0 Å². The van der Waals surface area contributed by atoms with Gasteiger partial charge in [0.15, 0.2) is 5.17 Å². The Labute approximate surface area is 148 Å². The number of benzene rings is 1. The molecule has 3 N–H and O–H groups in total. The number of ether oxygens (including phenoxy) is 1. The number of hydrogen-bond donors (Lipinski definition) is 3. The zero-order valence-corrected chi connectivity index (χ0v) is 14.6. The molecule has 1 aromatic heterocycles. The molecule has 2 aromatic rings. The molecule has 0 spiro atoms. The Balaban J connectivity index is 1.37. The van der Waals surface area contributed by atoms with Crippen molar-refractivity contribution >= 4 is 33.7 Å². The van der Waals surface area contributed by atoms with E-state index in [0.29, 0.717) is 0 Å². The molecule has 0 saturated carbocycles. The molecule has 2 aliphatic heterocycles. The van der Waals surface area contributed by atoms with Crippen molar-refractivity contribution in [2.45, 2.75) is 0 Å². The van der Waals surface area contributed by atoms with Crippen LogP contribution in [-0.2, 0) is 4.74 Å². The van der Waals surface area contributed by atoms with Gasteiger partial charge in [0, 0.05) is 31.0 Å². The predicted octanol–water partition coefficient (Wildman–Crippen LogP) is 0.585. The number of hydrogen-bond acceptors (Lipinski definition) is 6. The van der Waals surface area contributed by atoms with Crippen molar-refractivity contribution in [2.24, 2.45) is 10.1 Å². The van der Waals surface area contributed by atoms with Crippen LogP contribution in [0.3, 0.4) is 0 Å². The van der Waals surface area contributed by atoms with Gasteiger partial charge in [0.2, 0.25) is 0 Å². The standard InChI is InChI=1S/C16H20N6O2S/c23-15-18-12-2-1-11(9-13(12)19-15)14-10-25-16(21-20-14)17-3-4-22-5-7-24-8-6-22/h1-2,9H,3-8,10H2,(H,17,21)(H2,18,19,23). The number of amidine groups is 1. The van der Waals surface area contributed by atoms with Crippen molar-refractivity contribution in [3.63, 3.8) is 0 Å². The lowest BCUT2D eigenvalue weighted by atomic mass is 10.1. The number of rotatable bonds is 4. The van der Waals surface area contributed by atoms with E-state index in [0.717, 1.165) is 72.6 Å². The second-order valence-electron chi connectivity index (χ2n) is 5.94. The molecule has 4 rings (SSSR count). The molecule has 0 unspecified atom stereocenters. The first-order chi connectivity index (χ1) is 12.3. The minimum Gasteiger partial charge on any atom is -0.379 e. The number of aromatic nitrogens is 2. The molecule has 0 radical (unpaired) electrons. The molecular formula is C16H20N6O2S. The second kappa shape index (κ2) is 7.42. The molecule has 0 atom stereocenters. The first-order valence-electron chi connectivity index (χ1n) is 8.30. The first-order valence-corrected chi connectivity index (χ1v) is 9.29. The van der Waals surface area contributed by atoms with Gasteiger partial charge in [0.1, 0.15) is 0 Å². The molecule has 132 valence electrons. The fourth-order valence-electron chi connectivity index (χ4n) is 2.88. The van der Waals surface area contributed by atoms with Gasteiger partial charge in [-0.2, -0.15) is 5.10 Å². The normalized spacial score (nSPS) is 20.6. The average Bonchev–Trinajstić information content (AvgIpc) is 3.02. The summed E-state index contributed by atoms with van der Waals surface area (Å²) in [6.45, 7) is 5.30. The molecule has 1 fully saturated rings. The third-order valence-corrected chi connectivity index (χ3v) is 5.17. The highest BCUT2D eigenvalue weighted by atomic mass is 32.2. The summed E-state index contributed by atoms with van der Waals surface area (Å²) in [6, 6.07) is 5.80. The van der Waals surface area contributed by atoms with E-state index < -0.39 is 0 Å². The number of morpholine rings is 1. The van der Waals surface area contributed by atoms with Crippen molar-refractivity contribution in [1.82, 2.24) is 20.3 Å². The number of aliphatic imine (C=N–C) groups is 1. The van der Waals surface area contributed by atoms with Crippen LogP contribution in [0.2, 0.25) is 0 Å². The quantitative estimate of drug-likeness (QED) is 0.741. The summed E-state index contributed by atoms with van der Waals surface area (Å²) in [7, 11) is 0. The zero-order chi connectivity index (χ0) is 17.1. The van der Waals surface area contributed by atoms with Gasteiger partial charge in [0.25, 0.3) is 0 Å². The number of fused-ring (bicyclic) bond motifs is 1. The largest absolute Gasteiger partial charge is 0.379 e. The van der Waals surface area contributed by atoms with Crippen LogP contribution in [0.15, 0.2) is 33.1 Å². The average molecular weight is 360 g/mol. The molecule has 9 heteroatoms. The number of H-pyrrole nitrogens is 2. The Morgan fingerprint density at radius 2 is 2.08 bits per heavy atom. The molecule has 1 saturated heterocycles. The number of hydrazone groups is 1. The summed E-state index contributed by atoms with van der Waals surface area (Å²) in [5.41, 5.74) is 6.38. The van der Waals surface area contributed by atoms with E-state index in [1.807, 2.05) is 18.2 Å². The highest BCUT2D eigenvalue weighted by Gasteiger charge is 2.14. The summed E-state index contributed by atoms with van der Waals surface area (Å²) in [5.74, 6) is 0.754. The maximum absolute atomic E-state index is 11.4. The molecule has 8 nitrogen and oxygen atoms in total. The maximum Gasteiger partial charge on any atom is 0.323 e. The van der Waals surface area contributed by atoms with Gasteiger partial charge in [-0.1, -0.05) is 17.8 Å². The van der Waals surface area contributed by atoms with Crippen LogP contribution in [0.5, 0.6) is 0 Å². The lowest BCUT2D eigenvalue weighted by molar-refractivity contribution is 0.0394. The fraction of sp³-hybridized carbons (Fsp3) is 0.438. The molecule has 1 aromatic carbocycles. The smallest absolute Gasteiger partial charge is 0.323 e. The zero-order valence-electron chi connectivity index (χ0n) is 13.7. The maximum atomic E-state index is 11.4. The summed E-state index contributed by atoms with van der Waals surface area (Å²) in [5, 5.41) is 5.29. The molecule has 0 bridgehead atoms. The number of thioether (sulfide) groups is 1. The molecule has 3 heterocycles. The van der Waals surface area contributed by atoms with Gasteiger partial charge in [-0.05, 0) is 12.1 Å². The monoisotopic (exact) mass is 360 g/mol. The Morgan fingerprint density at radius 3 is 2.88 bits per heavy atom. The summed E-state index contributed by atoms with van der Waals surface area (Å²) >= 11 is 1.65. The third kappa shape index (κ3) is 3.94. The van der Waals surface area contributed by atoms with Crippen molar-refractivity contribution < 1.29 is 4.74 Å². The van der Waals surface area contributed by atoms with Crippen LogP contribution in [0.25, 0.3) is 11.0 Å². The topological polar surface area (TPSA) is 97.9 Å². The third-order valence-electron chi connectivity index (χ3n) is 4.26. The van der Waals surface area contributed by atoms with E-state index in [-0.39, 0.29) is 5.69 Å². The Bertz CT molecular complexity index is 865. The van der Waals surface area contributed by atoms with Crippen LogP contribution in [0.4, 0.5) is 0 Å². The van der Waals surface area contributed by atoms with E-state index in [1.54, 1.807) is 11.8 Å². The van der Waals surface area contributed by atoms with Crippen molar-refractivity contribution in [3.8, 4) is 0 Å². The number of aromatic amines is 2. The van der Waals surface area contributed by atoms with E-state index >= 15 is 0 Å². The van der Waals surface area contributed by atoms with Gasteiger partial charge in [-0.25, -0.2) is 4.79 Å². The predicted molar refractivity (Wildman–Crippen MR) is 101 cm³/mol. The van der Waals surface area contributed by atoms with Crippen LogP contribution in [0.1, 0.15) is 5.56 Å². The highest BCUT2D eigenvalue weighted by Crippen LogP contribution is 2.16.